The predicted octanol–water partition coefficient (Wildman–Crippen LogP) is 0.202. The average Bonchev–Trinajstić information content (AvgIpc) is 2.70. The molecule has 0 aromatic rings. The normalized spacial score (nSPS) is 20.6. The van der Waals surface area contributed by atoms with E-state index in [0.29, 0.717) is 12.3 Å². The van der Waals surface area contributed by atoms with E-state index in [2.05, 4.69) is 17.5 Å². The summed E-state index contributed by atoms with van der Waals surface area (Å²) in [5.74, 6) is 0.198. The maximum absolute atomic E-state index is 11.6. The Morgan fingerprint density at radius 3 is 2.67 bits per heavy atom. The van der Waals surface area contributed by atoms with Gasteiger partial charge in [-0.3, -0.25) is 4.79 Å². The van der Waals surface area contributed by atoms with Crippen LogP contribution in [0.3, 0.4) is 0 Å². The molecule has 1 rings (SSSR count). The molecule has 0 radical (unpaired) electrons. The molecule has 0 fully saturated rings. The first kappa shape index (κ1) is 12.2. The molecule has 0 aromatic carbocycles. The minimum absolute atomic E-state index is 0.114. The monoisotopic (exact) mass is 213 g/mol. The van der Waals surface area contributed by atoms with Crippen LogP contribution < -0.4 is 5.32 Å². The van der Waals surface area contributed by atoms with Gasteiger partial charge in [0.15, 0.2) is 0 Å². The SMILES string of the molecule is CC(CO)(CO)NC(=O)CC1C=CCC1. The van der Waals surface area contributed by atoms with Gasteiger partial charge in [-0.15, -0.1) is 0 Å². The highest BCUT2D eigenvalue weighted by Gasteiger charge is 2.25. The van der Waals surface area contributed by atoms with Gasteiger partial charge in [-0.1, -0.05) is 12.2 Å². The van der Waals surface area contributed by atoms with Crippen molar-refractivity contribution in [2.45, 2.75) is 31.7 Å². The van der Waals surface area contributed by atoms with Crippen LogP contribution in [0.4, 0.5) is 0 Å². The van der Waals surface area contributed by atoms with E-state index in [1.807, 2.05) is 0 Å². The van der Waals surface area contributed by atoms with Gasteiger partial charge >= 0.3 is 0 Å². The Labute approximate surface area is 90.0 Å². The van der Waals surface area contributed by atoms with Crippen molar-refractivity contribution >= 4 is 5.91 Å². The lowest BCUT2D eigenvalue weighted by Crippen LogP contribution is -2.52. The molecule has 86 valence electrons. The van der Waals surface area contributed by atoms with Gasteiger partial charge in [0.05, 0.1) is 18.8 Å². The molecule has 0 aliphatic heterocycles. The number of hydrogen-bond donors (Lipinski definition) is 3. The third-order valence-electron chi connectivity index (χ3n) is 2.70. The van der Waals surface area contributed by atoms with Crippen LogP contribution in [-0.4, -0.2) is 34.9 Å². The molecule has 0 saturated heterocycles. The fraction of sp³-hybridized carbons (Fsp3) is 0.727. The molecule has 15 heavy (non-hydrogen) atoms. The summed E-state index contributed by atoms with van der Waals surface area (Å²) < 4.78 is 0. The van der Waals surface area contributed by atoms with E-state index in [9.17, 15) is 4.79 Å². The van der Waals surface area contributed by atoms with Crippen LogP contribution in [0.2, 0.25) is 0 Å². The molecule has 3 N–H and O–H groups in total. The first-order valence-corrected chi connectivity index (χ1v) is 5.29. The number of aliphatic hydroxyl groups is 2. The Morgan fingerprint density at radius 2 is 2.20 bits per heavy atom. The van der Waals surface area contributed by atoms with Crippen LogP contribution in [0.15, 0.2) is 12.2 Å². The van der Waals surface area contributed by atoms with Gasteiger partial charge in [-0.25, -0.2) is 0 Å². The van der Waals surface area contributed by atoms with Gasteiger partial charge in [0.2, 0.25) is 5.91 Å². The topological polar surface area (TPSA) is 69.6 Å². The second kappa shape index (κ2) is 5.28. The van der Waals surface area contributed by atoms with Crippen LogP contribution >= 0.6 is 0 Å². The molecule has 0 bridgehead atoms. The fourth-order valence-corrected chi connectivity index (χ4v) is 1.62. The van der Waals surface area contributed by atoms with E-state index in [1.54, 1.807) is 6.92 Å². The number of carbonyl (C=O) groups excluding carboxylic acids is 1. The Balaban J connectivity index is 2.37. The zero-order valence-electron chi connectivity index (χ0n) is 9.07. The van der Waals surface area contributed by atoms with Gasteiger partial charge in [0, 0.05) is 6.42 Å². The minimum atomic E-state index is -0.903. The van der Waals surface area contributed by atoms with E-state index in [-0.39, 0.29) is 19.1 Å². The van der Waals surface area contributed by atoms with E-state index >= 15 is 0 Å². The van der Waals surface area contributed by atoms with E-state index in [4.69, 9.17) is 10.2 Å². The van der Waals surface area contributed by atoms with Gasteiger partial charge in [0.1, 0.15) is 0 Å². The highest BCUT2D eigenvalue weighted by Crippen LogP contribution is 2.20. The van der Waals surface area contributed by atoms with Crippen LogP contribution in [0.1, 0.15) is 26.2 Å². The lowest BCUT2D eigenvalue weighted by Gasteiger charge is -2.26. The van der Waals surface area contributed by atoms with Crippen LogP contribution in [0.25, 0.3) is 0 Å². The first-order chi connectivity index (χ1) is 7.09. The second-order valence-electron chi connectivity index (χ2n) is 4.39. The van der Waals surface area contributed by atoms with Crippen LogP contribution in [-0.2, 0) is 4.79 Å². The quantitative estimate of drug-likeness (QED) is 0.571. The third kappa shape index (κ3) is 3.64. The Hall–Kier alpha value is -0.870. The molecule has 0 aromatic heterocycles. The third-order valence-corrected chi connectivity index (χ3v) is 2.70. The number of aliphatic hydroxyl groups excluding tert-OH is 2. The highest BCUT2D eigenvalue weighted by atomic mass is 16.3. The summed E-state index contributed by atoms with van der Waals surface area (Å²) >= 11 is 0. The van der Waals surface area contributed by atoms with Crippen molar-refractivity contribution in [2.75, 3.05) is 13.2 Å². The molecule has 1 aliphatic carbocycles. The van der Waals surface area contributed by atoms with Crippen molar-refractivity contribution in [3.05, 3.63) is 12.2 Å². The largest absolute Gasteiger partial charge is 0.394 e. The van der Waals surface area contributed by atoms with Crippen molar-refractivity contribution in [1.29, 1.82) is 0 Å². The standard InChI is InChI=1S/C11H19NO3/c1-11(7-13,8-14)12-10(15)6-9-4-2-3-5-9/h2,4,9,13-14H,3,5-8H2,1H3,(H,12,15). The lowest BCUT2D eigenvalue weighted by molar-refractivity contribution is -0.124. The molecule has 1 aliphatic rings. The summed E-state index contributed by atoms with van der Waals surface area (Å²) in [7, 11) is 0. The van der Waals surface area contributed by atoms with Gasteiger partial charge in [-0.05, 0) is 25.7 Å². The second-order valence-corrected chi connectivity index (χ2v) is 4.39. The van der Waals surface area contributed by atoms with Gasteiger partial charge in [-0.2, -0.15) is 0 Å². The summed E-state index contributed by atoms with van der Waals surface area (Å²) in [6, 6.07) is 0. The Morgan fingerprint density at radius 1 is 1.53 bits per heavy atom. The average molecular weight is 213 g/mol. The van der Waals surface area contributed by atoms with E-state index in [1.165, 1.54) is 0 Å². The zero-order chi connectivity index (χ0) is 11.3. The number of amides is 1. The smallest absolute Gasteiger partial charge is 0.221 e. The number of carbonyl (C=O) groups is 1. The Kier molecular flexibility index (Phi) is 4.29. The number of allylic oxidation sites excluding steroid dienone is 2. The molecule has 0 spiro atoms. The molecular formula is C11H19NO3. The first-order valence-electron chi connectivity index (χ1n) is 5.29. The maximum atomic E-state index is 11.6. The summed E-state index contributed by atoms with van der Waals surface area (Å²) in [5, 5.41) is 20.7. The van der Waals surface area contributed by atoms with Crippen LogP contribution in [0.5, 0.6) is 0 Å². The molecule has 1 unspecified atom stereocenters. The van der Waals surface area contributed by atoms with Crippen molar-refractivity contribution in [3.8, 4) is 0 Å². The van der Waals surface area contributed by atoms with Gasteiger partial charge in [0.25, 0.3) is 0 Å². The molecule has 4 nitrogen and oxygen atoms in total. The summed E-state index contributed by atoms with van der Waals surface area (Å²) in [6.07, 6.45) is 6.62. The molecule has 4 heteroatoms. The number of hydrogen-bond acceptors (Lipinski definition) is 3. The minimum Gasteiger partial charge on any atom is -0.394 e. The fourth-order valence-electron chi connectivity index (χ4n) is 1.62. The summed E-state index contributed by atoms with van der Waals surface area (Å²) in [6.45, 7) is 1.11. The molecule has 0 saturated carbocycles. The van der Waals surface area contributed by atoms with Gasteiger partial charge < -0.3 is 15.5 Å². The lowest BCUT2D eigenvalue weighted by atomic mass is 10.0. The molecule has 1 atom stereocenters. The van der Waals surface area contributed by atoms with Crippen molar-refractivity contribution in [3.63, 3.8) is 0 Å². The zero-order valence-corrected chi connectivity index (χ0v) is 9.07. The molecule has 1 amide bonds. The molecular weight excluding hydrogens is 194 g/mol. The maximum Gasteiger partial charge on any atom is 0.221 e. The predicted molar refractivity (Wildman–Crippen MR) is 57.2 cm³/mol. The van der Waals surface area contributed by atoms with E-state index < -0.39 is 5.54 Å². The highest BCUT2D eigenvalue weighted by molar-refractivity contribution is 5.77. The number of rotatable bonds is 5. The van der Waals surface area contributed by atoms with Crippen LogP contribution in [0, 0.1) is 5.92 Å². The number of nitrogens with one attached hydrogen (secondary N) is 1. The summed E-state index contributed by atoms with van der Waals surface area (Å²) in [5.41, 5.74) is -0.903. The Bertz CT molecular complexity index is 246. The molecule has 0 heterocycles. The van der Waals surface area contributed by atoms with Crippen molar-refractivity contribution < 1.29 is 15.0 Å². The summed E-state index contributed by atoms with van der Waals surface area (Å²) in [4.78, 5) is 11.6. The van der Waals surface area contributed by atoms with Crippen molar-refractivity contribution in [2.24, 2.45) is 5.92 Å². The van der Waals surface area contributed by atoms with Crippen molar-refractivity contribution in [1.82, 2.24) is 5.32 Å². The van der Waals surface area contributed by atoms with E-state index in [0.717, 1.165) is 12.8 Å².